The predicted molar refractivity (Wildman–Crippen MR) is 96.1 cm³/mol. The number of hydrogen-bond acceptors (Lipinski definition) is 4. The minimum atomic E-state index is -0.511. The van der Waals surface area contributed by atoms with Crippen molar-refractivity contribution in [2.45, 2.75) is 0 Å². The zero-order valence-electron chi connectivity index (χ0n) is 13.4. The Morgan fingerprint density at radius 3 is 2.54 bits per heavy atom. The van der Waals surface area contributed by atoms with Gasteiger partial charge in [0.05, 0.1) is 22.1 Å². The van der Waals surface area contributed by atoms with Crippen LogP contribution in [0.5, 0.6) is 0 Å². The monoisotopic (exact) mass is 341 g/mol. The van der Waals surface area contributed by atoms with Gasteiger partial charge in [0.25, 0.3) is 5.69 Å². The van der Waals surface area contributed by atoms with Crippen LogP contribution < -0.4 is 0 Å². The van der Waals surface area contributed by atoms with E-state index in [9.17, 15) is 20.2 Å². The number of benzene rings is 2. The van der Waals surface area contributed by atoms with Crippen molar-refractivity contribution in [3.8, 4) is 6.07 Å². The summed E-state index contributed by atoms with van der Waals surface area (Å²) in [6, 6.07) is 18.4. The van der Waals surface area contributed by atoms with Crippen molar-refractivity contribution >= 4 is 27.9 Å². The van der Waals surface area contributed by atoms with Crippen LogP contribution in [-0.4, -0.2) is 15.1 Å². The van der Waals surface area contributed by atoms with Crippen LogP contribution >= 0.6 is 0 Å². The molecule has 2 aromatic heterocycles. The zero-order valence-corrected chi connectivity index (χ0v) is 13.4. The van der Waals surface area contributed by atoms with Crippen molar-refractivity contribution in [3.05, 3.63) is 93.7 Å². The Balaban J connectivity index is 1.97. The van der Waals surface area contributed by atoms with Crippen molar-refractivity contribution < 1.29 is 9.72 Å². The number of aromatic nitrogens is 1. The average Bonchev–Trinajstić information content (AvgIpc) is 3.15. The molecule has 0 saturated carbocycles. The van der Waals surface area contributed by atoms with E-state index in [2.05, 4.69) is 6.07 Å². The lowest BCUT2D eigenvalue weighted by molar-refractivity contribution is -0.384. The Labute approximate surface area is 147 Å². The highest BCUT2D eigenvalue weighted by molar-refractivity contribution is 6.16. The Hall–Kier alpha value is -3.98. The van der Waals surface area contributed by atoms with E-state index in [0.29, 0.717) is 22.2 Å². The number of fused-ring (bicyclic) bond motifs is 3. The number of rotatable bonds is 3. The largest absolute Gasteiger partial charge is 0.316 e. The number of nitrogens with zero attached hydrogens (tertiary/aromatic N) is 3. The van der Waals surface area contributed by atoms with Gasteiger partial charge in [-0.1, -0.05) is 6.07 Å². The zero-order chi connectivity index (χ0) is 18.3. The molecule has 6 heteroatoms. The van der Waals surface area contributed by atoms with Gasteiger partial charge in [0, 0.05) is 40.4 Å². The first-order valence-corrected chi connectivity index (χ1v) is 7.81. The van der Waals surface area contributed by atoms with Gasteiger partial charge >= 0.3 is 0 Å². The summed E-state index contributed by atoms with van der Waals surface area (Å²) in [5.74, 6) is -0.289. The van der Waals surface area contributed by atoms with Crippen molar-refractivity contribution in [2.75, 3.05) is 0 Å². The maximum Gasteiger partial charge on any atom is 0.269 e. The quantitative estimate of drug-likeness (QED) is 0.319. The highest BCUT2D eigenvalue weighted by Crippen LogP contribution is 2.26. The van der Waals surface area contributed by atoms with Crippen LogP contribution in [0.15, 0.2) is 66.9 Å². The standard InChI is InChI=1S/C20H11N3O3/c21-12-13-10-15-5-6-16-2-1-9-22(16)19(15)18(11-13)20(24)14-3-7-17(8-4-14)23(25)26/h1-11H. The summed E-state index contributed by atoms with van der Waals surface area (Å²) >= 11 is 0. The molecule has 0 aliphatic rings. The Bertz CT molecular complexity index is 1230. The van der Waals surface area contributed by atoms with Gasteiger partial charge in [-0.15, -0.1) is 0 Å². The molecule has 4 aromatic rings. The number of carbonyl (C=O) groups is 1. The summed E-state index contributed by atoms with van der Waals surface area (Å²) in [5, 5.41) is 20.9. The predicted octanol–water partition coefficient (Wildman–Crippen LogP) is 4.10. The molecule has 0 N–H and O–H groups in total. The maximum absolute atomic E-state index is 13.1. The third-order valence-electron chi connectivity index (χ3n) is 4.31. The molecule has 0 bridgehead atoms. The van der Waals surface area contributed by atoms with Crippen LogP contribution in [0.1, 0.15) is 21.5 Å². The van der Waals surface area contributed by atoms with E-state index in [1.54, 1.807) is 12.1 Å². The van der Waals surface area contributed by atoms with Gasteiger partial charge in [-0.3, -0.25) is 14.9 Å². The molecule has 0 aliphatic heterocycles. The number of carbonyl (C=O) groups excluding carboxylic acids is 1. The molecular formula is C20H11N3O3. The molecule has 0 aliphatic carbocycles. The summed E-state index contributed by atoms with van der Waals surface area (Å²) in [6.45, 7) is 0. The molecule has 2 heterocycles. The third-order valence-corrected chi connectivity index (χ3v) is 4.31. The molecule has 0 radical (unpaired) electrons. The Morgan fingerprint density at radius 2 is 1.85 bits per heavy atom. The number of ketones is 1. The molecule has 0 saturated heterocycles. The minimum absolute atomic E-state index is 0.0787. The molecule has 0 spiro atoms. The molecule has 0 unspecified atom stereocenters. The van der Waals surface area contributed by atoms with Crippen molar-refractivity contribution in [1.29, 1.82) is 5.26 Å². The Morgan fingerprint density at radius 1 is 1.08 bits per heavy atom. The van der Waals surface area contributed by atoms with E-state index in [4.69, 9.17) is 0 Å². The topological polar surface area (TPSA) is 88.4 Å². The van der Waals surface area contributed by atoms with Gasteiger partial charge in [-0.05, 0) is 42.5 Å². The highest BCUT2D eigenvalue weighted by Gasteiger charge is 2.17. The van der Waals surface area contributed by atoms with Crippen molar-refractivity contribution in [2.24, 2.45) is 0 Å². The number of nitriles is 1. The second-order valence-electron chi connectivity index (χ2n) is 5.84. The van der Waals surface area contributed by atoms with E-state index in [1.807, 2.05) is 34.9 Å². The second kappa shape index (κ2) is 5.83. The number of non-ortho nitro benzene ring substituents is 1. The van der Waals surface area contributed by atoms with Gasteiger partial charge < -0.3 is 4.40 Å². The SMILES string of the molecule is N#Cc1cc(C(=O)c2ccc([N+](=O)[O-])cc2)c2c(ccc3cccn32)c1. The van der Waals surface area contributed by atoms with E-state index in [1.165, 1.54) is 24.3 Å². The van der Waals surface area contributed by atoms with Crippen LogP contribution in [0, 0.1) is 21.4 Å². The molecule has 4 rings (SSSR count). The number of nitro groups is 1. The van der Waals surface area contributed by atoms with Crippen LogP contribution in [0.25, 0.3) is 16.4 Å². The van der Waals surface area contributed by atoms with Gasteiger partial charge in [-0.2, -0.15) is 5.26 Å². The summed E-state index contributed by atoms with van der Waals surface area (Å²) in [4.78, 5) is 23.4. The lowest BCUT2D eigenvalue weighted by Gasteiger charge is -2.10. The summed E-state index contributed by atoms with van der Waals surface area (Å²) in [6.07, 6.45) is 1.86. The summed E-state index contributed by atoms with van der Waals surface area (Å²) < 4.78 is 1.90. The molecule has 0 fully saturated rings. The molecular weight excluding hydrogens is 330 g/mol. The molecule has 0 amide bonds. The maximum atomic E-state index is 13.1. The first-order chi connectivity index (χ1) is 12.6. The van der Waals surface area contributed by atoms with Crippen LogP contribution in [-0.2, 0) is 0 Å². The first-order valence-electron chi connectivity index (χ1n) is 7.81. The molecule has 26 heavy (non-hydrogen) atoms. The summed E-state index contributed by atoms with van der Waals surface area (Å²) in [7, 11) is 0. The fourth-order valence-electron chi connectivity index (χ4n) is 3.09. The van der Waals surface area contributed by atoms with E-state index >= 15 is 0 Å². The van der Waals surface area contributed by atoms with E-state index in [-0.39, 0.29) is 11.5 Å². The second-order valence-corrected chi connectivity index (χ2v) is 5.84. The third kappa shape index (κ3) is 2.39. The number of hydrogen-bond donors (Lipinski definition) is 0. The highest BCUT2D eigenvalue weighted by atomic mass is 16.6. The molecule has 0 atom stereocenters. The van der Waals surface area contributed by atoms with Gasteiger partial charge in [0.2, 0.25) is 0 Å². The van der Waals surface area contributed by atoms with E-state index < -0.39 is 4.92 Å². The molecule has 124 valence electrons. The first kappa shape index (κ1) is 15.5. The Kier molecular flexibility index (Phi) is 3.48. The lowest BCUT2D eigenvalue weighted by Crippen LogP contribution is -2.05. The van der Waals surface area contributed by atoms with Crippen molar-refractivity contribution in [3.63, 3.8) is 0 Å². The van der Waals surface area contributed by atoms with Crippen LogP contribution in [0.3, 0.4) is 0 Å². The molecule has 2 aromatic carbocycles. The number of nitro benzene ring substituents is 1. The summed E-state index contributed by atoms with van der Waals surface area (Å²) in [5.41, 5.74) is 2.65. The smallest absolute Gasteiger partial charge is 0.269 e. The van der Waals surface area contributed by atoms with Crippen LogP contribution in [0.2, 0.25) is 0 Å². The van der Waals surface area contributed by atoms with Crippen LogP contribution in [0.4, 0.5) is 5.69 Å². The average molecular weight is 341 g/mol. The lowest BCUT2D eigenvalue weighted by atomic mass is 9.97. The molecule has 6 nitrogen and oxygen atoms in total. The fraction of sp³-hybridized carbons (Fsp3) is 0. The van der Waals surface area contributed by atoms with E-state index in [0.717, 1.165) is 10.9 Å². The normalized spacial score (nSPS) is 10.7. The fourth-order valence-corrected chi connectivity index (χ4v) is 3.09. The van der Waals surface area contributed by atoms with Gasteiger partial charge in [-0.25, -0.2) is 0 Å². The van der Waals surface area contributed by atoms with Gasteiger partial charge in [0.15, 0.2) is 5.78 Å². The van der Waals surface area contributed by atoms with Gasteiger partial charge in [0.1, 0.15) is 0 Å². The minimum Gasteiger partial charge on any atom is -0.316 e. The van der Waals surface area contributed by atoms with Crippen molar-refractivity contribution in [1.82, 2.24) is 4.40 Å². The number of pyridine rings is 1.